The Morgan fingerprint density at radius 1 is 0.500 bits per heavy atom. The summed E-state index contributed by atoms with van der Waals surface area (Å²) in [6.45, 7) is 2.45. The van der Waals surface area contributed by atoms with Gasteiger partial charge in [-0.2, -0.15) is 0 Å². The Balaban J connectivity index is 1.45. The van der Waals surface area contributed by atoms with Crippen molar-refractivity contribution >= 4 is 5.91 Å². The smallest absolute Gasteiger partial charge is 0.220 e. The largest absolute Gasteiger partial charge is 0.394 e. The molecular weight excluding hydrogens is 943 g/mol. The van der Waals surface area contributed by atoms with E-state index in [9.17, 15) is 45.6 Å². The standard InChI is InChI=1S/C60H107NO13/c1-3-5-7-8-9-10-11-12-13-14-15-16-17-18-19-20-21-22-23-24-25-26-27-28-29-30-31-32-33-34-35-36-37-38-39-40-42-44-52(65)61-48(49(64)43-41-6-4-2)47-71-59-57(70)55(68)58(51(46-63)73-59)74-60-56(69)54(67)53(66)50(45-62)72-60/h5,7,9-10,12-13,15-16,41,43,48-51,53-60,62-64,66-70H,3-4,6,8,11,14,17-40,42,44-47H2,1-2H3,(H,61,65)/b7-5-,10-9-,13-12-,16-15-,43-41+. The van der Waals surface area contributed by atoms with Crippen LogP contribution in [0.2, 0.25) is 0 Å². The Bertz CT molecular complexity index is 1470. The number of nitrogens with one attached hydrogen (secondary N) is 1. The quantitative estimate of drug-likeness (QED) is 0.0205. The molecule has 0 radical (unpaired) electrons. The lowest BCUT2D eigenvalue weighted by molar-refractivity contribution is -0.359. The Morgan fingerprint density at radius 2 is 0.932 bits per heavy atom. The number of ether oxygens (including phenoxy) is 4. The molecule has 2 aliphatic rings. The Morgan fingerprint density at radius 3 is 1.41 bits per heavy atom. The normalized spacial score (nSPS) is 25.6. The molecule has 2 fully saturated rings. The molecular formula is C60H107NO13. The Hall–Kier alpha value is -2.31. The van der Waals surface area contributed by atoms with Crippen LogP contribution in [-0.4, -0.2) is 140 Å². The Kier molecular flexibility index (Phi) is 41.9. The number of carbonyl (C=O) groups is 1. The van der Waals surface area contributed by atoms with Crippen molar-refractivity contribution in [3.8, 4) is 0 Å². The first-order valence-electron chi connectivity index (χ1n) is 29.5. The molecule has 2 saturated heterocycles. The van der Waals surface area contributed by atoms with Gasteiger partial charge in [-0.1, -0.05) is 222 Å². The summed E-state index contributed by atoms with van der Waals surface area (Å²) in [4.78, 5) is 13.0. The summed E-state index contributed by atoms with van der Waals surface area (Å²) >= 11 is 0. The fourth-order valence-electron chi connectivity index (χ4n) is 9.47. The first-order valence-corrected chi connectivity index (χ1v) is 29.5. The number of amides is 1. The van der Waals surface area contributed by atoms with Crippen LogP contribution in [0.3, 0.4) is 0 Å². The predicted molar refractivity (Wildman–Crippen MR) is 295 cm³/mol. The second-order valence-corrected chi connectivity index (χ2v) is 20.7. The number of rotatable bonds is 46. The summed E-state index contributed by atoms with van der Waals surface area (Å²) in [5.41, 5.74) is 0. The van der Waals surface area contributed by atoms with Gasteiger partial charge in [0, 0.05) is 6.42 Å². The zero-order valence-electron chi connectivity index (χ0n) is 46.1. The average Bonchev–Trinajstić information content (AvgIpc) is 3.40. The minimum Gasteiger partial charge on any atom is -0.394 e. The molecule has 430 valence electrons. The molecule has 0 aliphatic carbocycles. The molecule has 2 heterocycles. The van der Waals surface area contributed by atoms with Crippen molar-refractivity contribution < 1.29 is 64.6 Å². The zero-order chi connectivity index (χ0) is 53.9. The third kappa shape index (κ3) is 31.2. The molecule has 0 aromatic carbocycles. The molecule has 14 nitrogen and oxygen atoms in total. The number of aliphatic hydroxyl groups is 8. The molecule has 0 bridgehead atoms. The van der Waals surface area contributed by atoms with E-state index < -0.39 is 86.8 Å². The van der Waals surface area contributed by atoms with Crippen molar-refractivity contribution in [2.45, 2.75) is 293 Å². The van der Waals surface area contributed by atoms with Gasteiger partial charge in [-0.25, -0.2) is 0 Å². The van der Waals surface area contributed by atoms with Gasteiger partial charge in [0.2, 0.25) is 5.91 Å². The summed E-state index contributed by atoms with van der Waals surface area (Å²) in [5, 5.41) is 86.0. The summed E-state index contributed by atoms with van der Waals surface area (Å²) in [5.74, 6) is -0.250. The van der Waals surface area contributed by atoms with Crippen LogP contribution in [0.5, 0.6) is 0 Å². The molecule has 2 aliphatic heterocycles. The van der Waals surface area contributed by atoms with E-state index in [0.717, 1.165) is 57.8 Å². The van der Waals surface area contributed by atoms with Crippen molar-refractivity contribution in [3.63, 3.8) is 0 Å². The molecule has 2 rings (SSSR count). The van der Waals surface area contributed by atoms with Gasteiger partial charge in [0.1, 0.15) is 48.8 Å². The number of allylic oxidation sites excluding steroid dienone is 9. The van der Waals surface area contributed by atoms with Gasteiger partial charge in [-0.05, 0) is 51.4 Å². The molecule has 12 atom stereocenters. The van der Waals surface area contributed by atoms with Crippen LogP contribution >= 0.6 is 0 Å². The number of hydrogen-bond donors (Lipinski definition) is 9. The number of carbonyl (C=O) groups excluding carboxylic acids is 1. The summed E-state index contributed by atoms with van der Waals surface area (Å²) < 4.78 is 22.5. The van der Waals surface area contributed by atoms with Gasteiger partial charge in [0.15, 0.2) is 12.6 Å². The first kappa shape index (κ1) is 67.8. The van der Waals surface area contributed by atoms with Crippen molar-refractivity contribution in [2.24, 2.45) is 0 Å². The first-order chi connectivity index (χ1) is 36.1. The molecule has 1 amide bonds. The highest BCUT2D eigenvalue weighted by Crippen LogP contribution is 2.30. The molecule has 14 heteroatoms. The number of aliphatic hydroxyl groups excluding tert-OH is 8. The fraction of sp³-hybridized carbons (Fsp3) is 0.817. The summed E-state index contributed by atoms with van der Waals surface area (Å²) in [6, 6.07) is -0.909. The van der Waals surface area contributed by atoms with Crippen LogP contribution in [0.25, 0.3) is 0 Å². The Labute approximate surface area is 447 Å². The van der Waals surface area contributed by atoms with Crippen LogP contribution in [0.4, 0.5) is 0 Å². The minimum absolute atomic E-state index is 0.250. The van der Waals surface area contributed by atoms with E-state index in [-0.39, 0.29) is 18.9 Å². The van der Waals surface area contributed by atoms with Gasteiger partial charge >= 0.3 is 0 Å². The molecule has 0 aromatic rings. The lowest BCUT2D eigenvalue weighted by Gasteiger charge is -2.46. The van der Waals surface area contributed by atoms with Crippen molar-refractivity contribution in [2.75, 3.05) is 19.8 Å². The molecule has 74 heavy (non-hydrogen) atoms. The molecule has 0 saturated carbocycles. The van der Waals surface area contributed by atoms with E-state index in [4.69, 9.17) is 18.9 Å². The van der Waals surface area contributed by atoms with Crippen LogP contribution in [0.1, 0.15) is 219 Å². The van der Waals surface area contributed by atoms with Gasteiger partial charge in [-0.3, -0.25) is 4.79 Å². The minimum atomic E-state index is -1.79. The maximum Gasteiger partial charge on any atom is 0.220 e. The van der Waals surface area contributed by atoms with Crippen LogP contribution in [0.15, 0.2) is 60.8 Å². The van der Waals surface area contributed by atoms with E-state index in [1.807, 2.05) is 13.0 Å². The van der Waals surface area contributed by atoms with Crippen molar-refractivity contribution in [1.82, 2.24) is 5.32 Å². The zero-order valence-corrected chi connectivity index (χ0v) is 46.1. The van der Waals surface area contributed by atoms with Crippen LogP contribution in [0, 0.1) is 0 Å². The van der Waals surface area contributed by atoms with E-state index in [2.05, 4.69) is 60.8 Å². The lowest BCUT2D eigenvalue weighted by Crippen LogP contribution is -2.65. The van der Waals surface area contributed by atoms with Crippen molar-refractivity contribution in [3.05, 3.63) is 60.8 Å². The molecule has 0 spiro atoms. The third-order valence-corrected chi connectivity index (χ3v) is 14.2. The topological polar surface area (TPSA) is 228 Å². The van der Waals surface area contributed by atoms with Crippen molar-refractivity contribution in [1.29, 1.82) is 0 Å². The molecule has 12 unspecified atom stereocenters. The van der Waals surface area contributed by atoms with Crippen LogP contribution < -0.4 is 5.32 Å². The highest BCUT2D eigenvalue weighted by molar-refractivity contribution is 5.76. The monoisotopic (exact) mass is 1050 g/mol. The van der Waals surface area contributed by atoms with Gasteiger partial charge in [-0.15, -0.1) is 0 Å². The second kappa shape index (κ2) is 45.7. The summed E-state index contributed by atoms with van der Waals surface area (Å²) in [7, 11) is 0. The summed E-state index contributed by atoms with van der Waals surface area (Å²) in [6.07, 6.45) is 42.9. The van der Waals surface area contributed by atoms with E-state index in [0.29, 0.717) is 6.42 Å². The third-order valence-electron chi connectivity index (χ3n) is 14.2. The van der Waals surface area contributed by atoms with Gasteiger partial charge in [0.05, 0.1) is 32.0 Å². The number of hydrogen-bond acceptors (Lipinski definition) is 13. The molecule has 0 aromatic heterocycles. The fourth-order valence-corrected chi connectivity index (χ4v) is 9.47. The lowest BCUT2D eigenvalue weighted by atomic mass is 9.97. The maximum atomic E-state index is 13.0. The maximum absolute atomic E-state index is 13.0. The van der Waals surface area contributed by atoms with E-state index >= 15 is 0 Å². The SMILES string of the molecule is CC/C=C\C/C=C\C/C=C\C/C=C\CCCCCCCCCCCCCCCCCCCCCCCCCCC(=O)NC(COC1OC(CO)C(OC2OC(CO)C(O)C(O)C2O)C(O)C1O)C(O)/C=C/CCC. The van der Waals surface area contributed by atoms with Gasteiger partial charge < -0.3 is 65.1 Å². The highest BCUT2D eigenvalue weighted by Gasteiger charge is 2.51. The van der Waals surface area contributed by atoms with Gasteiger partial charge in [0.25, 0.3) is 0 Å². The highest BCUT2D eigenvalue weighted by atomic mass is 16.7. The second-order valence-electron chi connectivity index (χ2n) is 20.7. The number of unbranched alkanes of at least 4 members (excludes halogenated alkanes) is 25. The average molecular weight is 1050 g/mol. The molecule has 9 N–H and O–H groups in total. The predicted octanol–water partition coefficient (Wildman–Crippen LogP) is 9.78. The van der Waals surface area contributed by atoms with E-state index in [1.165, 1.54) is 135 Å². The van der Waals surface area contributed by atoms with E-state index in [1.54, 1.807) is 6.08 Å². The van der Waals surface area contributed by atoms with Crippen LogP contribution in [-0.2, 0) is 23.7 Å².